The molecule has 0 heterocycles. The fourth-order valence-electron chi connectivity index (χ4n) is 3.16. The van der Waals surface area contributed by atoms with Gasteiger partial charge in [-0.15, -0.1) is 0 Å². The Morgan fingerprint density at radius 1 is 1.29 bits per heavy atom. The van der Waals surface area contributed by atoms with Crippen molar-refractivity contribution in [3.63, 3.8) is 0 Å². The van der Waals surface area contributed by atoms with E-state index in [-0.39, 0.29) is 5.82 Å². The van der Waals surface area contributed by atoms with Gasteiger partial charge in [0.1, 0.15) is 11.6 Å². The number of fused-ring (bicyclic) bond motifs is 1. The Labute approximate surface area is 128 Å². The second kappa shape index (κ2) is 5.32. The van der Waals surface area contributed by atoms with E-state index in [4.69, 9.17) is 22.1 Å². The lowest BCUT2D eigenvalue weighted by Gasteiger charge is -2.26. The van der Waals surface area contributed by atoms with Crippen LogP contribution in [0.4, 0.5) is 4.39 Å². The molecule has 0 fully saturated rings. The average Bonchev–Trinajstić information content (AvgIpc) is 2.76. The Bertz CT molecular complexity index is 688. The maximum absolute atomic E-state index is 13.3. The molecule has 21 heavy (non-hydrogen) atoms. The molecule has 1 unspecified atom stereocenters. The molecule has 0 bridgehead atoms. The third-order valence-electron chi connectivity index (χ3n) is 4.19. The predicted molar refractivity (Wildman–Crippen MR) is 82.3 cm³/mol. The second-order valence-electron chi connectivity index (χ2n) is 5.59. The molecule has 1 aliphatic rings. The number of ether oxygens (including phenoxy) is 1. The molecule has 1 atom stereocenters. The van der Waals surface area contributed by atoms with Crippen molar-refractivity contribution < 1.29 is 9.13 Å². The van der Waals surface area contributed by atoms with Crippen LogP contribution in [0, 0.1) is 5.82 Å². The number of halogens is 2. The van der Waals surface area contributed by atoms with E-state index in [1.807, 2.05) is 12.1 Å². The van der Waals surface area contributed by atoms with E-state index < -0.39 is 5.54 Å². The van der Waals surface area contributed by atoms with Gasteiger partial charge in [-0.25, -0.2) is 4.39 Å². The normalized spacial score (nSPS) is 20.4. The van der Waals surface area contributed by atoms with Gasteiger partial charge < -0.3 is 10.5 Å². The molecule has 0 saturated carbocycles. The first kappa shape index (κ1) is 14.4. The molecule has 2 N–H and O–H groups in total. The number of aryl methyl sites for hydroxylation is 1. The molecular weight excluding hydrogens is 289 g/mol. The van der Waals surface area contributed by atoms with Crippen LogP contribution < -0.4 is 10.5 Å². The average molecular weight is 306 g/mol. The molecule has 2 nitrogen and oxygen atoms in total. The van der Waals surface area contributed by atoms with E-state index in [0.29, 0.717) is 11.4 Å². The topological polar surface area (TPSA) is 35.2 Å². The van der Waals surface area contributed by atoms with Gasteiger partial charge in [0.15, 0.2) is 0 Å². The van der Waals surface area contributed by atoms with Crippen LogP contribution in [-0.4, -0.2) is 7.11 Å². The summed E-state index contributed by atoms with van der Waals surface area (Å²) < 4.78 is 18.7. The van der Waals surface area contributed by atoms with Gasteiger partial charge in [-0.05, 0) is 66.3 Å². The predicted octanol–water partition coefficient (Wildman–Crippen LogP) is 3.83. The zero-order valence-electron chi connectivity index (χ0n) is 11.8. The first-order valence-electron chi connectivity index (χ1n) is 6.92. The molecule has 0 spiro atoms. The SMILES string of the molecule is COc1ccc(Cl)cc1CC1(N)CCc2cc(F)ccc21. The largest absolute Gasteiger partial charge is 0.496 e. The minimum atomic E-state index is -0.499. The van der Waals surface area contributed by atoms with E-state index in [9.17, 15) is 4.39 Å². The summed E-state index contributed by atoms with van der Waals surface area (Å²) in [5, 5.41) is 0.659. The molecule has 4 heteroatoms. The number of benzene rings is 2. The molecule has 2 aromatic carbocycles. The second-order valence-corrected chi connectivity index (χ2v) is 6.03. The molecule has 3 rings (SSSR count). The highest BCUT2D eigenvalue weighted by atomic mass is 35.5. The number of hydrogen-bond acceptors (Lipinski definition) is 2. The number of rotatable bonds is 3. The number of nitrogens with two attached hydrogens (primary N) is 1. The van der Waals surface area contributed by atoms with Crippen molar-refractivity contribution in [2.75, 3.05) is 7.11 Å². The highest BCUT2D eigenvalue weighted by molar-refractivity contribution is 6.30. The third kappa shape index (κ3) is 2.63. The van der Waals surface area contributed by atoms with E-state index in [2.05, 4.69) is 0 Å². The van der Waals surface area contributed by atoms with E-state index in [1.54, 1.807) is 25.3 Å². The first-order valence-corrected chi connectivity index (χ1v) is 7.30. The van der Waals surface area contributed by atoms with E-state index in [0.717, 1.165) is 35.3 Å². The summed E-state index contributed by atoms with van der Waals surface area (Å²) in [7, 11) is 1.63. The summed E-state index contributed by atoms with van der Waals surface area (Å²) in [6.45, 7) is 0. The van der Waals surface area contributed by atoms with Crippen molar-refractivity contribution in [1.82, 2.24) is 0 Å². The number of methoxy groups -OCH3 is 1. The van der Waals surface area contributed by atoms with Crippen molar-refractivity contribution >= 4 is 11.6 Å². The lowest BCUT2D eigenvalue weighted by molar-refractivity contribution is 0.391. The van der Waals surface area contributed by atoms with Gasteiger partial charge in [0, 0.05) is 10.6 Å². The molecular formula is C17H17ClFNO. The number of hydrogen-bond donors (Lipinski definition) is 1. The van der Waals surface area contributed by atoms with E-state index >= 15 is 0 Å². The van der Waals surface area contributed by atoms with Crippen molar-refractivity contribution in [2.24, 2.45) is 5.73 Å². The maximum Gasteiger partial charge on any atom is 0.123 e. The van der Waals surface area contributed by atoms with Crippen LogP contribution in [0.5, 0.6) is 5.75 Å². The smallest absolute Gasteiger partial charge is 0.123 e. The lowest BCUT2D eigenvalue weighted by Crippen LogP contribution is -2.36. The maximum atomic E-state index is 13.3. The Morgan fingerprint density at radius 2 is 2.10 bits per heavy atom. The molecule has 110 valence electrons. The quantitative estimate of drug-likeness (QED) is 0.935. The van der Waals surface area contributed by atoms with Crippen LogP contribution in [0.2, 0.25) is 5.02 Å². The van der Waals surface area contributed by atoms with Gasteiger partial charge in [0.25, 0.3) is 0 Å². The Kier molecular flexibility index (Phi) is 3.64. The summed E-state index contributed by atoms with van der Waals surface area (Å²) in [5.41, 5.74) is 9.10. The van der Waals surface area contributed by atoms with Crippen molar-refractivity contribution in [3.05, 3.63) is 63.9 Å². The van der Waals surface area contributed by atoms with Crippen LogP contribution in [0.15, 0.2) is 36.4 Å². The molecule has 0 amide bonds. The van der Waals surface area contributed by atoms with Gasteiger partial charge in [0.2, 0.25) is 0 Å². The zero-order chi connectivity index (χ0) is 15.0. The Hall–Kier alpha value is -1.58. The van der Waals surface area contributed by atoms with Crippen molar-refractivity contribution in [1.29, 1.82) is 0 Å². The molecule has 1 aliphatic carbocycles. The minimum Gasteiger partial charge on any atom is -0.496 e. The highest BCUT2D eigenvalue weighted by Crippen LogP contribution is 2.39. The standard InChI is InChI=1S/C17H17ClFNO/c1-21-16-5-2-13(18)8-12(16)10-17(20)7-6-11-9-14(19)3-4-15(11)17/h2-5,8-9H,6-7,10,20H2,1H3. The van der Waals surface area contributed by atoms with Gasteiger partial charge in [-0.3, -0.25) is 0 Å². The van der Waals surface area contributed by atoms with Gasteiger partial charge in [-0.1, -0.05) is 17.7 Å². The van der Waals surface area contributed by atoms with E-state index in [1.165, 1.54) is 6.07 Å². The fourth-order valence-corrected chi connectivity index (χ4v) is 3.35. The van der Waals surface area contributed by atoms with Crippen LogP contribution in [-0.2, 0) is 18.4 Å². The lowest BCUT2D eigenvalue weighted by atomic mass is 9.86. The van der Waals surface area contributed by atoms with Crippen molar-refractivity contribution in [3.8, 4) is 5.75 Å². The van der Waals surface area contributed by atoms with Crippen molar-refractivity contribution in [2.45, 2.75) is 24.8 Å². The van der Waals surface area contributed by atoms with Gasteiger partial charge >= 0.3 is 0 Å². The Morgan fingerprint density at radius 3 is 2.86 bits per heavy atom. The van der Waals surface area contributed by atoms with Gasteiger partial charge in [0.05, 0.1) is 7.11 Å². The van der Waals surface area contributed by atoms with Crippen LogP contribution in [0.25, 0.3) is 0 Å². The fraction of sp³-hybridized carbons (Fsp3) is 0.294. The van der Waals surface area contributed by atoms with Gasteiger partial charge in [-0.2, -0.15) is 0 Å². The summed E-state index contributed by atoms with van der Waals surface area (Å²) >= 11 is 6.08. The van der Waals surface area contributed by atoms with Crippen LogP contribution in [0.1, 0.15) is 23.1 Å². The highest BCUT2D eigenvalue weighted by Gasteiger charge is 2.35. The Balaban J connectivity index is 1.98. The monoisotopic (exact) mass is 305 g/mol. The molecule has 2 aromatic rings. The summed E-state index contributed by atoms with van der Waals surface area (Å²) in [5.74, 6) is 0.568. The molecule has 0 radical (unpaired) electrons. The zero-order valence-corrected chi connectivity index (χ0v) is 12.6. The summed E-state index contributed by atoms with van der Waals surface area (Å²) in [6.07, 6.45) is 2.21. The third-order valence-corrected chi connectivity index (χ3v) is 4.43. The van der Waals surface area contributed by atoms with Crippen LogP contribution in [0.3, 0.4) is 0 Å². The summed E-state index contributed by atoms with van der Waals surface area (Å²) in [4.78, 5) is 0. The van der Waals surface area contributed by atoms with Crippen LogP contribution >= 0.6 is 11.6 Å². The molecule has 0 saturated heterocycles. The first-order chi connectivity index (χ1) is 10.0. The summed E-state index contributed by atoms with van der Waals surface area (Å²) in [6, 6.07) is 10.4. The molecule has 0 aliphatic heterocycles. The minimum absolute atomic E-state index is 0.210. The molecule has 0 aromatic heterocycles.